The van der Waals surface area contributed by atoms with Crippen LogP contribution in [-0.4, -0.2) is 67.9 Å². The summed E-state index contributed by atoms with van der Waals surface area (Å²) in [7, 11) is -3.33. The van der Waals surface area contributed by atoms with Gasteiger partial charge in [0.1, 0.15) is 0 Å². The lowest BCUT2D eigenvalue weighted by Crippen LogP contribution is -2.25. The number of aliphatic hydroxyl groups is 1. The highest BCUT2D eigenvalue weighted by Gasteiger charge is 2.36. The van der Waals surface area contributed by atoms with Gasteiger partial charge in [-0.1, -0.05) is 28.6 Å². The summed E-state index contributed by atoms with van der Waals surface area (Å²) in [5.41, 5.74) is 0.426. The molecule has 1 aromatic heterocycles. The topological polar surface area (TPSA) is 136 Å². The highest BCUT2D eigenvalue weighted by Crippen LogP contribution is 2.33. The molecule has 12 heteroatoms. The van der Waals surface area contributed by atoms with Crippen LogP contribution in [-0.2, 0) is 35.5 Å². The van der Waals surface area contributed by atoms with Crippen LogP contribution in [0.5, 0.6) is 0 Å². The molecule has 2 N–H and O–H groups in total. The first-order chi connectivity index (χ1) is 16.0. The van der Waals surface area contributed by atoms with Gasteiger partial charge in [-0.05, 0) is 25.0 Å². The summed E-state index contributed by atoms with van der Waals surface area (Å²) >= 11 is 1.24. The van der Waals surface area contributed by atoms with Gasteiger partial charge in [0.15, 0.2) is 26.8 Å². The first-order valence-electron chi connectivity index (χ1n) is 10.6. The third-order valence-electron chi connectivity index (χ3n) is 5.07. The van der Waals surface area contributed by atoms with Crippen molar-refractivity contribution in [3.05, 3.63) is 40.9 Å². The van der Waals surface area contributed by atoms with Crippen molar-refractivity contribution >= 4 is 37.9 Å². The molecule has 1 aliphatic carbocycles. The first-order valence-corrected chi connectivity index (χ1v) is 12.9. The molecule has 0 bridgehead atoms. The van der Waals surface area contributed by atoms with Crippen LogP contribution in [0.15, 0.2) is 40.5 Å². The van der Waals surface area contributed by atoms with Gasteiger partial charge in [0, 0.05) is 18.2 Å². The molecule has 1 aromatic carbocycles. The van der Waals surface area contributed by atoms with E-state index >= 15 is 0 Å². The first kappa shape index (κ1) is 23.8. The second-order valence-electron chi connectivity index (χ2n) is 7.66. The molecular weight excluding hydrogens is 470 g/mol. The minimum atomic E-state index is -3.33. The number of hydrogen-bond donors (Lipinski definition) is 2. The Balaban J connectivity index is 1.50. The summed E-state index contributed by atoms with van der Waals surface area (Å²) in [6, 6.07) is 6.09. The monoisotopic (exact) mass is 495 g/mol. The number of sulfone groups is 1. The Hall–Kier alpha value is -2.38. The molecule has 1 saturated carbocycles. The molecule has 4 rings (SSSR count). The van der Waals surface area contributed by atoms with E-state index in [1.54, 1.807) is 18.3 Å². The number of carbonyl (C=O) groups is 1. The zero-order chi connectivity index (χ0) is 23.3. The van der Waals surface area contributed by atoms with Gasteiger partial charge in [-0.25, -0.2) is 13.4 Å². The van der Waals surface area contributed by atoms with E-state index in [9.17, 15) is 13.2 Å². The van der Waals surface area contributed by atoms with Crippen molar-refractivity contribution in [1.82, 2.24) is 4.98 Å². The number of oxime groups is 1. The summed E-state index contributed by atoms with van der Waals surface area (Å²) in [6.45, 7) is 1.37. The molecule has 1 amide bonds. The zero-order valence-corrected chi connectivity index (χ0v) is 19.4. The van der Waals surface area contributed by atoms with E-state index in [2.05, 4.69) is 15.5 Å². The molecule has 0 unspecified atom stereocenters. The molecule has 2 heterocycles. The molecular formula is C21H25N3O7S2. The fraction of sp³-hybridized carbons (Fsp3) is 0.476. The van der Waals surface area contributed by atoms with Crippen molar-refractivity contribution in [3.63, 3.8) is 0 Å². The summed E-state index contributed by atoms with van der Waals surface area (Å²) in [5.74, 6) is -0.538. The molecule has 1 atom stereocenters. The van der Waals surface area contributed by atoms with Gasteiger partial charge in [0.05, 0.1) is 48.1 Å². The van der Waals surface area contributed by atoms with Crippen molar-refractivity contribution in [2.45, 2.75) is 42.1 Å². The maximum atomic E-state index is 13.0. The van der Waals surface area contributed by atoms with E-state index in [1.165, 1.54) is 23.5 Å². The normalized spacial score (nSPS) is 18.9. The highest BCUT2D eigenvalue weighted by atomic mass is 32.2. The van der Waals surface area contributed by atoms with E-state index in [0.29, 0.717) is 43.2 Å². The Morgan fingerprint density at radius 1 is 1.27 bits per heavy atom. The Morgan fingerprint density at radius 3 is 2.73 bits per heavy atom. The van der Waals surface area contributed by atoms with Crippen molar-refractivity contribution < 1.29 is 32.6 Å². The molecule has 1 saturated heterocycles. The van der Waals surface area contributed by atoms with E-state index in [4.69, 9.17) is 19.4 Å². The van der Waals surface area contributed by atoms with Gasteiger partial charge in [0.25, 0.3) is 5.91 Å². The number of aromatic nitrogens is 1. The SMILES string of the molecule is O=C(Nc1ncc(COCCO)s1)C(=NO[C@@H]1CCOC1)c1ccc(S(=O)(=O)C2CC2)cc1. The standard InChI is InChI=1S/C21H25N3O7S2/c25-8-10-30-13-16-11-22-21(32-16)23-20(26)19(24-31-15-7-9-29-12-15)14-1-3-17(4-2-14)33(27,28)18-5-6-18/h1-4,11,15,18,25H,5-10,12-13H2,(H,22,23,26)/t15-/m1/s1. The smallest absolute Gasteiger partial charge is 0.280 e. The van der Waals surface area contributed by atoms with Crippen molar-refractivity contribution in [2.75, 3.05) is 31.7 Å². The molecule has 178 valence electrons. The lowest BCUT2D eigenvalue weighted by Gasteiger charge is -2.10. The Labute approximate surface area is 195 Å². The van der Waals surface area contributed by atoms with E-state index < -0.39 is 15.7 Å². The predicted octanol–water partition coefficient (Wildman–Crippen LogP) is 1.74. The minimum Gasteiger partial charge on any atom is -0.394 e. The number of ether oxygens (including phenoxy) is 2. The van der Waals surface area contributed by atoms with Crippen molar-refractivity contribution in [1.29, 1.82) is 0 Å². The number of nitrogens with zero attached hydrogens (tertiary/aromatic N) is 2. The molecule has 0 spiro atoms. The Bertz CT molecular complexity index is 1090. The second kappa shape index (κ2) is 10.7. The molecule has 2 aliphatic rings. The number of carbonyl (C=O) groups excluding carboxylic acids is 1. The van der Waals surface area contributed by atoms with Crippen LogP contribution < -0.4 is 5.32 Å². The van der Waals surface area contributed by atoms with Crippen LogP contribution >= 0.6 is 11.3 Å². The van der Waals surface area contributed by atoms with E-state index in [0.717, 1.165) is 4.88 Å². The lowest BCUT2D eigenvalue weighted by atomic mass is 10.1. The third kappa shape index (κ3) is 6.15. The van der Waals surface area contributed by atoms with E-state index in [-0.39, 0.29) is 41.8 Å². The molecule has 2 fully saturated rings. The van der Waals surface area contributed by atoms with Gasteiger partial charge >= 0.3 is 0 Å². The highest BCUT2D eigenvalue weighted by molar-refractivity contribution is 7.92. The average Bonchev–Trinajstić information content (AvgIpc) is 3.39. The second-order valence-corrected chi connectivity index (χ2v) is 11.0. The minimum absolute atomic E-state index is 0.00514. The summed E-state index contributed by atoms with van der Waals surface area (Å²) in [4.78, 5) is 23.7. The summed E-state index contributed by atoms with van der Waals surface area (Å²) in [5, 5.41) is 15.6. The van der Waals surface area contributed by atoms with Crippen LogP contribution in [0.2, 0.25) is 0 Å². The number of anilines is 1. The molecule has 33 heavy (non-hydrogen) atoms. The average molecular weight is 496 g/mol. The third-order valence-corrected chi connectivity index (χ3v) is 8.23. The number of benzene rings is 1. The molecule has 0 radical (unpaired) electrons. The number of hydrogen-bond acceptors (Lipinski definition) is 10. The van der Waals surface area contributed by atoms with Gasteiger partial charge in [-0.3, -0.25) is 10.1 Å². The fourth-order valence-electron chi connectivity index (χ4n) is 3.15. The molecule has 1 aliphatic heterocycles. The fourth-order valence-corrected chi connectivity index (χ4v) is 5.55. The van der Waals surface area contributed by atoms with Crippen LogP contribution in [0.25, 0.3) is 0 Å². The predicted molar refractivity (Wildman–Crippen MR) is 121 cm³/mol. The Kier molecular flexibility index (Phi) is 7.71. The number of aliphatic hydroxyl groups excluding tert-OH is 1. The molecule has 2 aromatic rings. The number of rotatable bonds is 11. The Morgan fingerprint density at radius 2 is 2.06 bits per heavy atom. The van der Waals surface area contributed by atoms with Crippen LogP contribution in [0.4, 0.5) is 5.13 Å². The number of thiazole rings is 1. The molecule has 10 nitrogen and oxygen atoms in total. The quantitative estimate of drug-likeness (QED) is 0.273. The zero-order valence-electron chi connectivity index (χ0n) is 17.8. The summed E-state index contributed by atoms with van der Waals surface area (Å²) in [6.07, 6.45) is 3.35. The van der Waals surface area contributed by atoms with E-state index in [1.807, 2.05) is 0 Å². The van der Waals surface area contributed by atoms with Crippen LogP contribution in [0, 0.1) is 0 Å². The maximum absolute atomic E-state index is 13.0. The maximum Gasteiger partial charge on any atom is 0.280 e. The number of amides is 1. The van der Waals surface area contributed by atoms with Crippen LogP contribution in [0.1, 0.15) is 29.7 Å². The van der Waals surface area contributed by atoms with Gasteiger partial charge in [0.2, 0.25) is 0 Å². The van der Waals surface area contributed by atoms with Gasteiger partial charge in [-0.15, -0.1) is 0 Å². The van der Waals surface area contributed by atoms with Crippen LogP contribution in [0.3, 0.4) is 0 Å². The largest absolute Gasteiger partial charge is 0.394 e. The van der Waals surface area contributed by atoms with Crippen molar-refractivity contribution in [3.8, 4) is 0 Å². The lowest BCUT2D eigenvalue weighted by molar-refractivity contribution is -0.110. The number of nitrogens with one attached hydrogen (secondary N) is 1. The summed E-state index contributed by atoms with van der Waals surface area (Å²) < 4.78 is 35.5. The van der Waals surface area contributed by atoms with Gasteiger partial charge in [-0.2, -0.15) is 0 Å². The van der Waals surface area contributed by atoms with Gasteiger partial charge < -0.3 is 19.4 Å². The van der Waals surface area contributed by atoms with Crippen molar-refractivity contribution in [2.24, 2.45) is 5.16 Å².